The van der Waals surface area contributed by atoms with Crippen LogP contribution >= 0.6 is 11.6 Å². The van der Waals surface area contributed by atoms with Crippen molar-refractivity contribution in [3.8, 4) is 0 Å². The summed E-state index contributed by atoms with van der Waals surface area (Å²) < 4.78 is 5.83. The number of benzene rings is 1. The topological polar surface area (TPSA) is 218 Å². The lowest BCUT2D eigenvalue weighted by Crippen LogP contribution is -2.57. The number of nitrogens with one attached hydrogen (secondary N) is 3. The number of aliphatic carboxylic acids is 1. The largest absolute Gasteiger partial charge is 0.480 e. The minimum Gasteiger partial charge on any atom is -0.480 e. The molecule has 0 aliphatic heterocycles. The summed E-state index contributed by atoms with van der Waals surface area (Å²) in [6.45, 7) is 20.9. The van der Waals surface area contributed by atoms with Crippen LogP contribution in [0.1, 0.15) is 108 Å². The number of halogens is 1. The molecular formula is C46H73ClN6O9. The molecule has 1 unspecified atom stereocenters. The summed E-state index contributed by atoms with van der Waals surface area (Å²) in [5.74, 6) is -5.13. The molecule has 5 amide bonds. The van der Waals surface area contributed by atoms with Gasteiger partial charge in [0, 0.05) is 31.1 Å². The summed E-state index contributed by atoms with van der Waals surface area (Å²) in [5, 5.41) is 18.2. The van der Waals surface area contributed by atoms with Crippen LogP contribution in [-0.4, -0.2) is 113 Å². The molecule has 0 saturated heterocycles. The minimum atomic E-state index is -1.19. The average molecular weight is 890 g/mol. The first kappa shape index (κ1) is 55.3. The van der Waals surface area contributed by atoms with Crippen LogP contribution in [0.4, 0.5) is 0 Å². The van der Waals surface area contributed by atoms with Gasteiger partial charge >= 0.3 is 11.9 Å². The molecule has 348 valence electrons. The summed E-state index contributed by atoms with van der Waals surface area (Å²) >= 11 is 6.10. The van der Waals surface area contributed by atoms with E-state index < -0.39 is 83.8 Å². The van der Waals surface area contributed by atoms with Crippen LogP contribution in [0.3, 0.4) is 0 Å². The van der Waals surface area contributed by atoms with Crippen LogP contribution in [0.25, 0.3) is 0 Å². The molecule has 0 aliphatic carbocycles. The molecule has 0 heterocycles. The summed E-state index contributed by atoms with van der Waals surface area (Å²) in [4.78, 5) is 95.0. The second-order valence-electron chi connectivity index (χ2n) is 17.7. The van der Waals surface area contributed by atoms with Crippen LogP contribution in [0.15, 0.2) is 47.6 Å². The molecular weight excluding hydrogens is 816 g/mol. The van der Waals surface area contributed by atoms with Crippen LogP contribution in [0, 0.1) is 23.7 Å². The Bertz CT molecular complexity index is 1770. The molecule has 15 nitrogen and oxygen atoms in total. The Morgan fingerprint density at radius 2 is 1.48 bits per heavy atom. The lowest BCUT2D eigenvalue weighted by molar-refractivity contribution is -0.155. The smallest absolute Gasteiger partial charge is 0.326 e. The monoisotopic (exact) mass is 889 g/mol. The lowest BCUT2D eigenvalue weighted by Gasteiger charge is -2.33. The van der Waals surface area contributed by atoms with Crippen LogP contribution in [0.5, 0.6) is 0 Å². The molecule has 62 heavy (non-hydrogen) atoms. The molecule has 0 saturated carbocycles. The van der Waals surface area contributed by atoms with Gasteiger partial charge in [0.1, 0.15) is 35.8 Å². The maximum Gasteiger partial charge on any atom is 0.326 e. The number of esters is 1. The number of ether oxygens (including phenoxy) is 1. The Morgan fingerprint density at radius 3 is 1.98 bits per heavy atom. The van der Waals surface area contributed by atoms with E-state index in [0.717, 1.165) is 10.5 Å². The number of nitrogens with zero attached hydrogens (tertiary/aromatic N) is 2. The number of likely N-dealkylation sites (N-methyl/N-ethyl adjacent to an activating group) is 2. The minimum absolute atomic E-state index is 0.0111. The molecule has 8 atom stereocenters. The van der Waals surface area contributed by atoms with Crippen LogP contribution in [-0.2, 0) is 44.7 Å². The molecule has 0 fully saturated rings. The van der Waals surface area contributed by atoms with Gasteiger partial charge in [0.2, 0.25) is 29.5 Å². The third kappa shape index (κ3) is 17.5. The predicted molar refractivity (Wildman–Crippen MR) is 242 cm³/mol. The number of carbonyl (C=O) groups is 7. The van der Waals surface area contributed by atoms with Crippen molar-refractivity contribution in [2.24, 2.45) is 29.4 Å². The van der Waals surface area contributed by atoms with Gasteiger partial charge in [-0.05, 0) is 101 Å². The molecule has 6 N–H and O–H groups in total. The summed E-state index contributed by atoms with van der Waals surface area (Å²) in [5.41, 5.74) is 6.76. The van der Waals surface area contributed by atoms with Gasteiger partial charge in [0.05, 0.1) is 6.54 Å². The highest BCUT2D eigenvalue weighted by Crippen LogP contribution is 2.28. The molecule has 0 aliphatic rings. The van der Waals surface area contributed by atoms with Gasteiger partial charge in [-0.2, -0.15) is 0 Å². The van der Waals surface area contributed by atoms with Crippen molar-refractivity contribution in [1.29, 1.82) is 0 Å². The van der Waals surface area contributed by atoms with Gasteiger partial charge in [0.15, 0.2) is 0 Å². The predicted octanol–water partition coefficient (Wildman–Crippen LogP) is 5.04. The SMILES string of the molecule is C/C=C(\C)[C@@H](OC(=O)C(C)(C)N)[C@@H](C)[C@@H](C)C/C=C(\C)C(=O)N[C@H](CC(C)C)C(=O)N[C@@H](C)C(=O)N(C)[C@H](Cc1ccc(Cl)cc1)C(=O)N(C)CC(=O)NC(C(=O)O)[C@@H](C)CC. The van der Waals surface area contributed by atoms with E-state index in [2.05, 4.69) is 16.0 Å². The highest BCUT2D eigenvalue weighted by atomic mass is 35.5. The number of hydrogen-bond donors (Lipinski definition) is 5. The van der Waals surface area contributed by atoms with E-state index in [1.807, 2.05) is 47.6 Å². The van der Waals surface area contributed by atoms with Crippen LogP contribution in [0.2, 0.25) is 5.02 Å². The molecule has 1 aromatic carbocycles. The van der Waals surface area contributed by atoms with Crippen molar-refractivity contribution in [2.75, 3.05) is 20.6 Å². The molecule has 0 bridgehead atoms. The van der Waals surface area contributed by atoms with Crippen LogP contribution < -0.4 is 21.7 Å². The lowest BCUT2D eigenvalue weighted by atomic mass is 9.84. The third-order valence-corrected chi connectivity index (χ3v) is 11.5. The fourth-order valence-electron chi connectivity index (χ4n) is 6.51. The Balaban J connectivity index is 3.23. The maximum absolute atomic E-state index is 14.0. The molecule has 16 heteroatoms. The van der Waals surface area contributed by atoms with Gasteiger partial charge in [-0.15, -0.1) is 0 Å². The first-order chi connectivity index (χ1) is 28.7. The zero-order chi connectivity index (χ0) is 47.8. The summed E-state index contributed by atoms with van der Waals surface area (Å²) in [7, 11) is 2.81. The number of carboxylic acids is 1. The Kier molecular flexibility index (Phi) is 22.6. The van der Waals surface area contributed by atoms with Gasteiger partial charge in [0.25, 0.3) is 0 Å². The van der Waals surface area contributed by atoms with Crippen molar-refractivity contribution < 1.29 is 43.4 Å². The van der Waals surface area contributed by atoms with E-state index in [-0.39, 0.29) is 36.5 Å². The molecule has 0 spiro atoms. The van der Waals surface area contributed by atoms with Crippen molar-refractivity contribution in [3.05, 3.63) is 58.1 Å². The Morgan fingerprint density at radius 1 is 0.903 bits per heavy atom. The van der Waals surface area contributed by atoms with Crippen molar-refractivity contribution in [3.63, 3.8) is 0 Å². The first-order valence-corrected chi connectivity index (χ1v) is 21.7. The third-order valence-electron chi connectivity index (χ3n) is 11.2. The molecule has 0 radical (unpaired) electrons. The number of amides is 5. The van der Waals surface area contributed by atoms with Crippen molar-refractivity contribution >= 4 is 53.1 Å². The standard InChI is InChI=1S/C46H73ClN6O9/c1-15-27(5)38(44(59)60)51-37(54)25-52(13)43(58)36(24-33-19-21-34(47)22-20-33)53(14)42(57)32(10)49-41(56)35(23-26(3)4)50-40(55)30(8)18-17-29(7)31(9)39(28(6)16-2)62-45(61)46(11,12)48/h16,18-22,26-27,29,31-32,35-36,38-39H,15,17,23-25,48H2,1-14H3,(H,49,56)(H,50,55)(H,51,54)(H,59,60)/b28-16+,30-18+/t27-,29-,31-,32-,35+,36+,38?,39+/m0/s1. The van der Waals surface area contributed by atoms with E-state index in [9.17, 15) is 38.7 Å². The quantitative estimate of drug-likeness (QED) is 0.0529. The fourth-order valence-corrected chi connectivity index (χ4v) is 6.63. The normalized spacial score (nSPS) is 16.1. The number of nitrogens with two attached hydrogens (primary N) is 1. The van der Waals surface area contributed by atoms with Gasteiger partial charge in [-0.3, -0.25) is 28.8 Å². The molecule has 0 aromatic heterocycles. The van der Waals surface area contributed by atoms with E-state index in [0.29, 0.717) is 29.0 Å². The Hall–Kier alpha value is -4.76. The summed E-state index contributed by atoms with van der Waals surface area (Å²) in [6.07, 6.45) is 4.46. The summed E-state index contributed by atoms with van der Waals surface area (Å²) in [6, 6.07) is 2.30. The van der Waals surface area contributed by atoms with Gasteiger partial charge in [-0.1, -0.05) is 83.8 Å². The molecule has 1 rings (SSSR count). The number of carbonyl (C=O) groups excluding carboxylic acids is 6. The number of hydrogen-bond acceptors (Lipinski definition) is 9. The number of carboxylic acid groups (broad SMARTS) is 1. The maximum atomic E-state index is 14.0. The number of rotatable bonds is 24. The van der Waals surface area contributed by atoms with Gasteiger partial charge in [-0.25, -0.2) is 4.79 Å². The van der Waals surface area contributed by atoms with Gasteiger partial charge < -0.3 is 41.3 Å². The van der Waals surface area contributed by atoms with Crippen molar-refractivity contribution in [1.82, 2.24) is 25.8 Å². The van der Waals surface area contributed by atoms with E-state index in [4.69, 9.17) is 22.1 Å². The van der Waals surface area contributed by atoms with E-state index in [1.54, 1.807) is 65.0 Å². The highest BCUT2D eigenvalue weighted by Gasteiger charge is 2.36. The Labute approximate surface area is 374 Å². The second-order valence-corrected chi connectivity index (χ2v) is 18.1. The zero-order valence-electron chi connectivity index (χ0n) is 39.3. The fraction of sp³-hybridized carbons (Fsp3) is 0.630. The average Bonchev–Trinajstić information content (AvgIpc) is 3.20. The molecule has 1 aromatic rings. The zero-order valence-corrected chi connectivity index (χ0v) is 40.0. The van der Waals surface area contributed by atoms with E-state index in [1.165, 1.54) is 25.9 Å². The number of allylic oxidation sites excluding steroid dienone is 2. The second kappa shape index (κ2) is 25.4. The highest BCUT2D eigenvalue weighted by molar-refractivity contribution is 6.30. The van der Waals surface area contributed by atoms with Crippen molar-refractivity contribution in [2.45, 2.75) is 145 Å². The first-order valence-electron chi connectivity index (χ1n) is 21.3. The van der Waals surface area contributed by atoms with E-state index >= 15 is 0 Å².